The van der Waals surface area contributed by atoms with Gasteiger partial charge < -0.3 is 20.5 Å². The van der Waals surface area contributed by atoms with Crippen LogP contribution in [0.15, 0.2) is 59.6 Å². The van der Waals surface area contributed by atoms with Crippen LogP contribution in [0, 0.1) is 0 Å². The molecule has 1 unspecified atom stereocenters. The summed E-state index contributed by atoms with van der Waals surface area (Å²) in [5.74, 6) is 1.25. The number of ether oxygens (including phenoxy) is 2. The standard InChI is InChI=1S/C19H25N3O2.HI/c1-15(14-23-2)22-19(20)21-12-13-24-18-11-7-6-10-17(18)16-8-4-3-5-9-16;/h3-11,15H,12-14H2,1-2H3,(H3,20,21,22);1H. The first-order valence-electron chi connectivity index (χ1n) is 8.03. The predicted octanol–water partition coefficient (Wildman–Crippen LogP) is 3.29. The minimum absolute atomic E-state index is 0. The molecule has 0 fully saturated rings. The first kappa shape index (κ1) is 21.2. The predicted molar refractivity (Wildman–Crippen MR) is 114 cm³/mol. The second-order valence-electron chi connectivity index (χ2n) is 5.48. The number of para-hydroxylation sites is 1. The average Bonchev–Trinajstić information content (AvgIpc) is 2.60. The molecule has 6 heteroatoms. The molecule has 5 nitrogen and oxygen atoms in total. The van der Waals surface area contributed by atoms with E-state index in [-0.39, 0.29) is 30.0 Å². The normalized spacial score (nSPS) is 12.2. The van der Waals surface area contributed by atoms with E-state index in [9.17, 15) is 0 Å². The highest BCUT2D eigenvalue weighted by Crippen LogP contribution is 2.29. The van der Waals surface area contributed by atoms with Crippen molar-refractivity contribution in [2.45, 2.75) is 13.0 Å². The van der Waals surface area contributed by atoms with E-state index in [0.29, 0.717) is 25.7 Å². The van der Waals surface area contributed by atoms with E-state index in [4.69, 9.17) is 15.2 Å². The SMILES string of the molecule is COCC(C)NC(N)=NCCOc1ccccc1-c1ccccc1.I. The number of halogens is 1. The number of rotatable bonds is 8. The van der Waals surface area contributed by atoms with E-state index >= 15 is 0 Å². The minimum Gasteiger partial charge on any atom is -0.491 e. The molecular formula is C19H26IN3O2. The molecule has 2 aromatic rings. The number of guanidine groups is 1. The van der Waals surface area contributed by atoms with Gasteiger partial charge in [-0.05, 0) is 18.6 Å². The van der Waals surface area contributed by atoms with Crippen LogP contribution < -0.4 is 15.8 Å². The number of nitrogens with two attached hydrogens (primary N) is 1. The molecule has 3 N–H and O–H groups in total. The zero-order chi connectivity index (χ0) is 17.2. The summed E-state index contributed by atoms with van der Waals surface area (Å²) in [4.78, 5) is 4.27. The van der Waals surface area contributed by atoms with Crippen LogP contribution in [0.5, 0.6) is 5.75 Å². The van der Waals surface area contributed by atoms with Crippen molar-refractivity contribution in [3.05, 3.63) is 54.6 Å². The van der Waals surface area contributed by atoms with Crippen LogP contribution in [0.3, 0.4) is 0 Å². The second kappa shape index (κ2) is 11.7. The van der Waals surface area contributed by atoms with E-state index in [0.717, 1.165) is 16.9 Å². The van der Waals surface area contributed by atoms with Crippen LogP contribution in [0.25, 0.3) is 11.1 Å². The third-order valence-electron chi connectivity index (χ3n) is 3.41. The number of hydrogen-bond acceptors (Lipinski definition) is 3. The highest BCUT2D eigenvalue weighted by atomic mass is 127. The molecular weight excluding hydrogens is 429 g/mol. The van der Waals surface area contributed by atoms with Gasteiger partial charge in [0.25, 0.3) is 0 Å². The molecule has 0 aliphatic carbocycles. The van der Waals surface area contributed by atoms with Gasteiger partial charge in [-0.3, -0.25) is 0 Å². The molecule has 0 bridgehead atoms. The van der Waals surface area contributed by atoms with Crippen LogP contribution in [0.2, 0.25) is 0 Å². The second-order valence-corrected chi connectivity index (χ2v) is 5.48. The van der Waals surface area contributed by atoms with Gasteiger partial charge >= 0.3 is 0 Å². The summed E-state index contributed by atoms with van der Waals surface area (Å²) in [6, 6.07) is 18.3. The molecule has 0 aliphatic heterocycles. The lowest BCUT2D eigenvalue weighted by Gasteiger charge is -2.13. The Morgan fingerprint density at radius 1 is 1.12 bits per heavy atom. The first-order chi connectivity index (χ1) is 11.7. The summed E-state index contributed by atoms with van der Waals surface area (Å²) < 4.78 is 10.9. The van der Waals surface area contributed by atoms with Crippen molar-refractivity contribution in [2.24, 2.45) is 10.7 Å². The number of benzene rings is 2. The Morgan fingerprint density at radius 3 is 2.52 bits per heavy atom. The summed E-state index contributed by atoms with van der Waals surface area (Å²) >= 11 is 0. The Morgan fingerprint density at radius 2 is 1.80 bits per heavy atom. The number of hydrogen-bond donors (Lipinski definition) is 2. The van der Waals surface area contributed by atoms with Gasteiger partial charge in [-0.1, -0.05) is 48.5 Å². The van der Waals surface area contributed by atoms with Gasteiger partial charge in [-0.15, -0.1) is 24.0 Å². The van der Waals surface area contributed by atoms with E-state index < -0.39 is 0 Å². The fraction of sp³-hybridized carbons (Fsp3) is 0.316. The van der Waals surface area contributed by atoms with Crippen LogP contribution in [-0.2, 0) is 4.74 Å². The topological polar surface area (TPSA) is 68.9 Å². The lowest BCUT2D eigenvalue weighted by Crippen LogP contribution is -2.40. The van der Waals surface area contributed by atoms with Crippen LogP contribution in [0.4, 0.5) is 0 Å². The molecule has 0 radical (unpaired) electrons. The van der Waals surface area contributed by atoms with Crippen molar-refractivity contribution in [3.63, 3.8) is 0 Å². The summed E-state index contributed by atoms with van der Waals surface area (Å²) in [5, 5.41) is 3.06. The Kier molecular flexibility index (Phi) is 9.94. The Bertz CT molecular complexity index is 650. The quantitative estimate of drug-likeness (QED) is 0.278. The summed E-state index contributed by atoms with van der Waals surface area (Å²) in [6.45, 7) is 3.52. The fourth-order valence-corrected chi connectivity index (χ4v) is 2.36. The van der Waals surface area contributed by atoms with Gasteiger partial charge in [0.1, 0.15) is 12.4 Å². The van der Waals surface area contributed by atoms with Crippen LogP contribution in [-0.4, -0.2) is 38.9 Å². The third kappa shape index (κ3) is 7.31. The molecule has 1 atom stereocenters. The van der Waals surface area contributed by atoms with E-state index in [1.165, 1.54) is 0 Å². The van der Waals surface area contributed by atoms with Gasteiger partial charge in [0, 0.05) is 18.7 Å². The summed E-state index contributed by atoms with van der Waals surface area (Å²) in [6.07, 6.45) is 0. The highest BCUT2D eigenvalue weighted by molar-refractivity contribution is 14.0. The summed E-state index contributed by atoms with van der Waals surface area (Å²) in [7, 11) is 1.66. The van der Waals surface area contributed by atoms with E-state index in [1.54, 1.807) is 7.11 Å². The summed E-state index contributed by atoms with van der Waals surface area (Å²) in [5.41, 5.74) is 8.03. The molecule has 0 amide bonds. The zero-order valence-corrected chi connectivity index (χ0v) is 17.0. The van der Waals surface area contributed by atoms with Gasteiger partial charge in [0.05, 0.1) is 13.2 Å². The maximum atomic E-state index is 5.88. The molecule has 0 spiro atoms. The lowest BCUT2D eigenvalue weighted by molar-refractivity contribution is 0.179. The molecule has 0 heterocycles. The van der Waals surface area contributed by atoms with Crippen LogP contribution >= 0.6 is 24.0 Å². The van der Waals surface area contributed by atoms with Gasteiger partial charge in [0.2, 0.25) is 0 Å². The molecule has 136 valence electrons. The Balaban J connectivity index is 0.00000312. The molecule has 0 saturated heterocycles. The smallest absolute Gasteiger partial charge is 0.188 e. The first-order valence-corrected chi connectivity index (χ1v) is 8.03. The number of aliphatic imine (C=N–C) groups is 1. The monoisotopic (exact) mass is 455 g/mol. The highest BCUT2D eigenvalue weighted by Gasteiger charge is 2.05. The Hall–Kier alpha value is -1.80. The van der Waals surface area contributed by atoms with Crippen molar-refractivity contribution < 1.29 is 9.47 Å². The van der Waals surface area contributed by atoms with Crippen molar-refractivity contribution >= 4 is 29.9 Å². The molecule has 0 aliphatic rings. The number of nitrogens with zero attached hydrogens (tertiary/aromatic N) is 1. The Labute approximate surface area is 166 Å². The maximum absolute atomic E-state index is 5.88. The number of methoxy groups -OCH3 is 1. The molecule has 0 aromatic heterocycles. The van der Waals surface area contributed by atoms with Crippen molar-refractivity contribution in [2.75, 3.05) is 26.9 Å². The molecule has 2 rings (SSSR count). The third-order valence-corrected chi connectivity index (χ3v) is 3.41. The largest absolute Gasteiger partial charge is 0.491 e. The average molecular weight is 455 g/mol. The number of nitrogens with one attached hydrogen (secondary N) is 1. The fourth-order valence-electron chi connectivity index (χ4n) is 2.36. The van der Waals surface area contributed by atoms with Gasteiger partial charge in [-0.25, -0.2) is 4.99 Å². The maximum Gasteiger partial charge on any atom is 0.188 e. The van der Waals surface area contributed by atoms with Crippen molar-refractivity contribution in [1.29, 1.82) is 0 Å². The van der Waals surface area contributed by atoms with Gasteiger partial charge in [0.15, 0.2) is 5.96 Å². The molecule has 0 saturated carbocycles. The van der Waals surface area contributed by atoms with Gasteiger partial charge in [-0.2, -0.15) is 0 Å². The molecule has 2 aromatic carbocycles. The minimum atomic E-state index is 0. The van der Waals surface area contributed by atoms with E-state index in [2.05, 4.69) is 28.5 Å². The van der Waals surface area contributed by atoms with Crippen LogP contribution in [0.1, 0.15) is 6.92 Å². The lowest BCUT2D eigenvalue weighted by atomic mass is 10.1. The molecule has 25 heavy (non-hydrogen) atoms. The van der Waals surface area contributed by atoms with Crippen molar-refractivity contribution in [3.8, 4) is 16.9 Å². The van der Waals surface area contributed by atoms with E-state index in [1.807, 2.05) is 43.3 Å². The van der Waals surface area contributed by atoms with Crippen molar-refractivity contribution in [1.82, 2.24) is 5.32 Å². The zero-order valence-electron chi connectivity index (χ0n) is 14.6.